The molecule has 1 aliphatic rings. The summed E-state index contributed by atoms with van der Waals surface area (Å²) in [5, 5.41) is 0.998. The smallest absolute Gasteiger partial charge is 0.429 e. The molecule has 2 amide bonds. The fourth-order valence-corrected chi connectivity index (χ4v) is 3.23. The van der Waals surface area contributed by atoms with Crippen LogP contribution in [0.25, 0.3) is 0 Å². The molecule has 0 saturated heterocycles. The summed E-state index contributed by atoms with van der Waals surface area (Å²) in [4.78, 5) is 50.8. The number of ether oxygens (including phenoxy) is 4. The lowest BCUT2D eigenvalue weighted by molar-refractivity contribution is -0.171. The molecule has 0 aliphatic heterocycles. The van der Waals surface area contributed by atoms with Gasteiger partial charge in [0.2, 0.25) is 0 Å². The van der Waals surface area contributed by atoms with E-state index in [1.165, 1.54) is 0 Å². The molecule has 33 heavy (non-hydrogen) atoms. The first-order valence-corrected chi connectivity index (χ1v) is 11.1. The number of nitrogens with zero attached hydrogens (tertiary/aromatic N) is 1. The van der Waals surface area contributed by atoms with Gasteiger partial charge >= 0.3 is 24.1 Å². The minimum atomic E-state index is -1.54. The molecule has 0 aromatic rings. The Morgan fingerprint density at radius 3 is 1.88 bits per heavy atom. The summed E-state index contributed by atoms with van der Waals surface area (Å²) in [5.41, 5.74) is -0.154. The molecule has 0 radical (unpaired) electrons. The van der Waals surface area contributed by atoms with Crippen molar-refractivity contribution in [3.8, 4) is 0 Å². The van der Waals surface area contributed by atoms with Crippen LogP contribution >= 0.6 is 0 Å². The van der Waals surface area contributed by atoms with Gasteiger partial charge < -0.3 is 18.9 Å². The Kier molecular flexibility index (Phi) is 9.33. The fraction of sp³-hybridized carbons (Fsp3) is 0.739. The van der Waals surface area contributed by atoms with Crippen LogP contribution in [0.4, 0.5) is 9.59 Å². The van der Waals surface area contributed by atoms with E-state index in [0.717, 1.165) is 5.01 Å². The van der Waals surface area contributed by atoms with Gasteiger partial charge in [0, 0.05) is 0 Å². The van der Waals surface area contributed by atoms with Crippen molar-refractivity contribution in [1.82, 2.24) is 10.4 Å². The van der Waals surface area contributed by atoms with Crippen LogP contribution in [-0.2, 0) is 28.5 Å². The molecule has 0 aromatic carbocycles. The molecule has 10 heteroatoms. The van der Waals surface area contributed by atoms with Crippen LogP contribution in [0.5, 0.6) is 0 Å². The van der Waals surface area contributed by atoms with Crippen molar-refractivity contribution < 1.29 is 38.1 Å². The minimum Gasteiger partial charge on any atom is -0.465 e. The highest BCUT2D eigenvalue weighted by Gasteiger charge is 2.52. The molecule has 0 spiro atoms. The number of nitrogens with one attached hydrogen (secondary N) is 1. The van der Waals surface area contributed by atoms with Crippen molar-refractivity contribution in [1.29, 1.82) is 0 Å². The summed E-state index contributed by atoms with van der Waals surface area (Å²) < 4.78 is 21.0. The van der Waals surface area contributed by atoms with E-state index < -0.39 is 46.8 Å². The Balaban J connectivity index is 3.21. The number of amides is 2. The Labute approximate surface area is 195 Å². The third kappa shape index (κ3) is 7.94. The largest absolute Gasteiger partial charge is 0.465 e. The Hall–Kier alpha value is -2.78. The van der Waals surface area contributed by atoms with E-state index in [0.29, 0.717) is 5.57 Å². The first kappa shape index (κ1) is 28.3. The van der Waals surface area contributed by atoms with E-state index in [4.69, 9.17) is 18.9 Å². The molecule has 0 saturated carbocycles. The number of hydrogen-bond donors (Lipinski definition) is 1. The number of hydrazine groups is 1. The maximum absolute atomic E-state index is 12.9. The van der Waals surface area contributed by atoms with Crippen LogP contribution in [0.3, 0.4) is 0 Å². The Morgan fingerprint density at radius 1 is 0.970 bits per heavy atom. The molecular formula is C23H38N2O8. The molecule has 1 rings (SSSR count). The topological polar surface area (TPSA) is 120 Å². The molecule has 0 fully saturated rings. The molecule has 1 atom stereocenters. The predicted molar refractivity (Wildman–Crippen MR) is 120 cm³/mol. The first-order chi connectivity index (χ1) is 15.1. The van der Waals surface area contributed by atoms with E-state index >= 15 is 0 Å². The van der Waals surface area contributed by atoms with Crippen molar-refractivity contribution in [2.75, 3.05) is 13.2 Å². The number of allylic oxidation sites excluding steroid dienone is 1. The molecule has 1 unspecified atom stereocenters. The van der Waals surface area contributed by atoms with Crippen molar-refractivity contribution in [2.45, 2.75) is 92.4 Å². The van der Waals surface area contributed by atoms with Gasteiger partial charge in [-0.25, -0.2) is 20.0 Å². The van der Waals surface area contributed by atoms with Crippen LogP contribution in [-0.4, -0.2) is 59.6 Å². The molecule has 1 N–H and O–H groups in total. The van der Waals surface area contributed by atoms with E-state index in [1.807, 2.05) is 0 Å². The second kappa shape index (κ2) is 10.9. The second-order valence-electron chi connectivity index (χ2n) is 9.82. The minimum absolute atomic E-state index is 0.0267. The molecule has 188 valence electrons. The zero-order chi connectivity index (χ0) is 25.6. The summed E-state index contributed by atoms with van der Waals surface area (Å²) in [5.74, 6) is -1.38. The molecule has 0 heterocycles. The summed E-state index contributed by atoms with van der Waals surface area (Å²) in [7, 11) is 0. The van der Waals surface area contributed by atoms with Crippen molar-refractivity contribution >= 4 is 24.1 Å². The predicted octanol–water partition coefficient (Wildman–Crippen LogP) is 3.88. The average Bonchev–Trinajstić information content (AvgIpc) is 3.10. The Bertz CT molecular complexity index is 758. The van der Waals surface area contributed by atoms with Gasteiger partial charge in [-0.2, -0.15) is 0 Å². The monoisotopic (exact) mass is 470 g/mol. The summed E-state index contributed by atoms with van der Waals surface area (Å²) in [6.45, 7) is 15.3. The van der Waals surface area contributed by atoms with Crippen LogP contribution < -0.4 is 5.43 Å². The summed E-state index contributed by atoms with van der Waals surface area (Å²) >= 11 is 0. The first-order valence-electron chi connectivity index (χ1n) is 11.1. The molecule has 0 aromatic heterocycles. The number of carbonyl (C=O) groups is 4. The molecule has 10 nitrogen and oxygen atoms in total. The lowest BCUT2D eigenvalue weighted by Crippen LogP contribution is -2.54. The lowest BCUT2D eigenvalue weighted by atomic mass is 9.83. The maximum atomic E-state index is 12.9. The van der Waals surface area contributed by atoms with Gasteiger partial charge in [0.05, 0.1) is 19.3 Å². The van der Waals surface area contributed by atoms with Gasteiger partial charge in [-0.3, -0.25) is 9.59 Å². The van der Waals surface area contributed by atoms with Gasteiger partial charge in [0.1, 0.15) is 11.2 Å². The number of carbonyl (C=O) groups excluding carboxylic acids is 4. The van der Waals surface area contributed by atoms with Gasteiger partial charge in [-0.15, -0.1) is 0 Å². The van der Waals surface area contributed by atoms with Gasteiger partial charge in [-0.1, -0.05) is 6.08 Å². The molecular weight excluding hydrogens is 432 g/mol. The number of rotatable bonds is 6. The maximum Gasteiger partial charge on any atom is 0.429 e. The van der Waals surface area contributed by atoms with E-state index in [2.05, 4.69) is 5.43 Å². The van der Waals surface area contributed by atoms with Crippen molar-refractivity contribution in [3.63, 3.8) is 0 Å². The summed E-state index contributed by atoms with van der Waals surface area (Å²) in [6.07, 6.45) is 0.0552. The van der Waals surface area contributed by atoms with E-state index in [-0.39, 0.29) is 26.1 Å². The Morgan fingerprint density at radius 2 is 1.45 bits per heavy atom. The third-order valence-corrected chi connectivity index (χ3v) is 4.68. The number of hydrogen-bond acceptors (Lipinski definition) is 8. The standard InChI is InChI=1S/C23H38N2O8/c1-10-30-17(26)23(18(27)31-11-2)13-12-16(14-23)15(3)25(20(29)33-22(7,8)9)24-19(28)32-21(4,5)6/h12,15H,10-11,13-14H2,1-9H3,(H,24,28). The van der Waals surface area contributed by atoms with Gasteiger partial charge in [0.25, 0.3) is 0 Å². The number of esters is 2. The zero-order valence-corrected chi connectivity index (χ0v) is 21.2. The highest BCUT2D eigenvalue weighted by Crippen LogP contribution is 2.42. The van der Waals surface area contributed by atoms with Crippen LogP contribution in [0.15, 0.2) is 11.6 Å². The van der Waals surface area contributed by atoms with Crippen molar-refractivity contribution in [2.24, 2.45) is 5.41 Å². The van der Waals surface area contributed by atoms with Crippen LogP contribution in [0.2, 0.25) is 0 Å². The third-order valence-electron chi connectivity index (χ3n) is 4.68. The van der Waals surface area contributed by atoms with E-state index in [1.54, 1.807) is 68.4 Å². The zero-order valence-electron chi connectivity index (χ0n) is 21.2. The average molecular weight is 471 g/mol. The van der Waals surface area contributed by atoms with Crippen LogP contribution in [0, 0.1) is 5.41 Å². The highest BCUT2D eigenvalue weighted by atomic mass is 16.6. The molecule has 0 bridgehead atoms. The van der Waals surface area contributed by atoms with Crippen molar-refractivity contribution in [3.05, 3.63) is 11.6 Å². The van der Waals surface area contributed by atoms with E-state index in [9.17, 15) is 19.2 Å². The fourth-order valence-electron chi connectivity index (χ4n) is 3.23. The highest BCUT2D eigenvalue weighted by molar-refractivity contribution is 6.01. The quantitative estimate of drug-likeness (QED) is 0.204. The summed E-state index contributed by atoms with van der Waals surface area (Å²) in [6, 6.07) is -0.752. The van der Waals surface area contributed by atoms with Gasteiger partial charge in [-0.05, 0) is 80.7 Å². The molecule has 1 aliphatic carbocycles. The van der Waals surface area contributed by atoms with Gasteiger partial charge in [0.15, 0.2) is 5.41 Å². The normalized spacial score (nSPS) is 16.2. The second-order valence-corrected chi connectivity index (χ2v) is 9.82. The lowest BCUT2D eigenvalue weighted by Gasteiger charge is -2.33. The SMILES string of the molecule is CCOC(=O)C1(C(=O)OCC)CC=C(C(C)N(NC(=O)OC(C)(C)C)C(=O)OC(C)(C)C)C1. The van der Waals surface area contributed by atoms with Crippen LogP contribution in [0.1, 0.15) is 75.2 Å².